The topological polar surface area (TPSA) is 80.1 Å². The van der Waals surface area contributed by atoms with Gasteiger partial charge in [-0.1, -0.05) is 30.3 Å². The first-order chi connectivity index (χ1) is 11.1. The van der Waals surface area contributed by atoms with E-state index >= 15 is 0 Å². The molecule has 1 atom stereocenters. The Balaban J connectivity index is 1.89. The lowest BCUT2D eigenvalue weighted by Crippen LogP contribution is -2.15. The molecule has 0 N–H and O–H groups in total. The normalized spacial score (nSPS) is 18.3. The molecule has 2 rings (SSSR count). The maximum Gasteiger partial charge on any atom is 0.350 e. The van der Waals surface area contributed by atoms with Gasteiger partial charge in [0.2, 0.25) is 5.71 Å². The van der Waals surface area contributed by atoms with E-state index in [-0.39, 0.29) is 26.2 Å². The van der Waals surface area contributed by atoms with Gasteiger partial charge >= 0.3 is 7.60 Å². The van der Waals surface area contributed by atoms with E-state index in [2.05, 4.69) is 0 Å². The molecule has 0 fully saturated rings. The Morgan fingerprint density at radius 3 is 2.48 bits per heavy atom. The Bertz CT molecular complexity index is 567. The first-order valence-corrected chi connectivity index (χ1v) is 9.19. The summed E-state index contributed by atoms with van der Waals surface area (Å²) in [7, 11) is -3.47. The van der Waals surface area contributed by atoms with Crippen LogP contribution < -0.4 is 0 Å². The molecule has 0 saturated carbocycles. The third-order valence-electron chi connectivity index (χ3n) is 3.24. The fraction of sp³-hybridized carbons (Fsp3) is 0.533. The van der Waals surface area contributed by atoms with Gasteiger partial charge in [0.05, 0.1) is 26.2 Å². The number of hydrogen-bond acceptors (Lipinski definition) is 6. The van der Waals surface area contributed by atoms with Crippen LogP contribution in [0.3, 0.4) is 0 Å². The van der Waals surface area contributed by atoms with Crippen LogP contribution >= 0.6 is 7.60 Å². The van der Waals surface area contributed by atoms with Crippen molar-refractivity contribution in [2.45, 2.75) is 32.7 Å². The van der Waals surface area contributed by atoms with Crippen LogP contribution in [0.5, 0.6) is 0 Å². The van der Waals surface area contributed by atoms with Gasteiger partial charge in [0.1, 0.15) is 6.61 Å². The molecule has 0 amide bonds. The molecule has 1 aliphatic heterocycles. The van der Waals surface area contributed by atoms with Gasteiger partial charge in [0.25, 0.3) is 0 Å². The van der Waals surface area contributed by atoms with Gasteiger partial charge in [-0.05, 0) is 19.4 Å². The Morgan fingerprint density at radius 1 is 1.22 bits per heavy atom. The first kappa shape index (κ1) is 17.9. The van der Waals surface area contributed by atoms with Crippen molar-refractivity contribution >= 4 is 13.3 Å². The molecule has 23 heavy (non-hydrogen) atoms. The summed E-state index contributed by atoms with van der Waals surface area (Å²) < 4.78 is 28.6. The summed E-state index contributed by atoms with van der Waals surface area (Å²) in [6.45, 7) is 4.35. The summed E-state index contributed by atoms with van der Waals surface area (Å²) in [5, 5.41) is 11.8. The molecule has 0 radical (unpaired) electrons. The van der Waals surface area contributed by atoms with Gasteiger partial charge in [-0.25, -0.2) is 0 Å². The number of rotatable bonds is 9. The van der Waals surface area contributed by atoms with E-state index in [0.717, 1.165) is 5.56 Å². The molecular weight excluding hydrogens is 321 g/mol. The van der Waals surface area contributed by atoms with Gasteiger partial charge in [-0.15, -0.1) is 0 Å². The molecule has 1 heterocycles. The average molecular weight is 343 g/mol. The second kappa shape index (κ2) is 8.45. The summed E-state index contributed by atoms with van der Waals surface area (Å²) in [5.74, 6) is -0.921. The lowest BCUT2D eigenvalue weighted by Gasteiger charge is -2.22. The Morgan fingerprint density at radius 2 is 1.87 bits per heavy atom. The minimum absolute atomic E-state index is 0.104. The van der Waals surface area contributed by atoms with Crippen LogP contribution in [0.25, 0.3) is 0 Å². The molecule has 7 nitrogen and oxygen atoms in total. The smallest absolute Gasteiger partial charge is 0.350 e. The maximum atomic E-state index is 12.6. The van der Waals surface area contributed by atoms with Gasteiger partial charge < -0.3 is 18.6 Å². The van der Waals surface area contributed by atoms with Crippen LogP contribution in [0.1, 0.15) is 25.8 Å². The molecule has 128 valence electrons. The van der Waals surface area contributed by atoms with Crippen LogP contribution in [0.4, 0.5) is 0 Å². The van der Waals surface area contributed by atoms with E-state index < -0.39 is 13.4 Å². The highest BCUT2D eigenvalue weighted by molar-refractivity contribution is 7.54. The maximum absolute atomic E-state index is 12.6. The molecule has 1 aliphatic rings. The number of benzene rings is 1. The fourth-order valence-electron chi connectivity index (χ4n) is 2.20. The summed E-state index contributed by atoms with van der Waals surface area (Å²) in [6.07, 6.45) is 0.162. The number of hydrogen-bond donors (Lipinski definition) is 0. The Kier molecular flexibility index (Phi) is 6.59. The molecule has 0 saturated heterocycles. The van der Waals surface area contributed by atoms with Crippen molar-refractivity contribution in [1.82, 2.24) is 0 Å². The van der Waals surface area contributed by atoms with Crippen molar-refractivity contribution in [2.75, 3.05) is 19.8 Å². The van der Waals surface area contributed by atoms with Gasteiger partial charge in [0, 0.05) is 4.90 Å². The number of nitrogens with zero attached hydrogens (tertiary/aromatic N) is 1. The largest absolute Gasteiger partial charge is 0.387 e. The van der Waals surface area contributed by atoms with Crippen LogP contribution in [0, 0.1) is 5.21 Å². The molecule has 0 unspecified atom stereocenters. The zero-order chi connectivity index (χ0) is 16.7. The van der Waals surface area contributed by atoms with Crippen molar-refractivity contribution in [2.24, 2.45) is 0 Å². The predicted octanol–water partition coefficient (Wildman–Crippen LogP) is 3.08. The molecule has 0 spiro atoms. The molecule has 8 heteroatoms. The highest BCUT2D eigenvalue weighted by atomic mass is 31.2. The third-order valence-corrected chi connectivity index (χ3v) is 5.46. The van der Waals surface area contributed by atoms with Gasteiger partial charge in [0.15, 0.2) is 5.85 Å². The Hall–Kier alpha value is -1.40. The van der Waals surface area contributed by atoms with E-state index in [0.29, 0.717) is 17.2 Å². The summed E-state index contributed by atoms with van der Waals surface area (Å²) in [4.78, 5) is 5.46. The second-order valence-electron chi connectivity index (χ2n) is 4.94. The van der Waals surface area contributed by atoms with E-state index in [1.807, 2.05) is 30.3 Å². The highest BCUT2D eigenvalue weighted by Crippen LogP contribution is 2.55. The third kappa shape index (κ3) is 4.78. The van der Waals surface area contributed by atoms with Crippen molar-refractivity contribution in [3.8, 4) is 0 Å². The zero-order valence-corrected chi connectivity index (χ0v) is 14.2. The van der Waals surface area contributed by atoms with Crippen molar-refractivity contribution in [3.05, 3.63) is 41.1 Å². The SMILES string of the molecule is CCOP(=O)(OCC)[C@@H]1CC(COCc2ccccc2)=[N+]([O-])O1. The summed E-state index contributed by atoms with van der Waals surface area (Å²) >= 11 is 0. The second-order valence-corrected chi connectivity index (χ2v) is 7.11. The van der Waals surface area contributed by atoms with E-state index in [4.69, 9.17) is 18.6 Å². The fourth-order valence-corrected chi connectivity index (χ4v) is 3.97. The van der Waals surface area contributed by atoms with Gasteiger partial charge in [-0.3, -0.25) is 9.77 Å². The highest BCUT2D eigenvalue weighted by Gasteiger charge is 2.43. The summed E-state index contributed by atoms with van der Waals surface area (Å²) in [6, 6.07) is 9.63. The van der Waals surface area contributed by atoms with Gasteiger partial charge in [-0.2, -0.15) is 0 Å². The lowest BCUT2D eigenvalue weighted by molar-refractivity contribution is -0.736. The van der Waals surface area contributed by atoms with Crippen LogP contribution in [-0.4, -0.2) is 36.3 Å². The standard InChI is InChI=1S/C15H22NO6P/c1-3-20-23(18,21-4-2)15-10-14(16(17)22-15)12-19-11-13-8-6-5-7-9-13/h5-9,15H,3-4,10-12H2,1-2H3/t15-/m1/s1. The molecule has 0 aliphatic carbocycles. The van der Waals surface area contributed by atoms with Crippen LogP contribution in [0.2, 0.25) is 0 Å². The van der Waals surface area contributed by atoms with E-state index in [1.54, 1.807) is 13.8 Å². The average Bonchev–Trinajstić information content (AvgIpc) is 2.91. The molecular formula is C15H22NO6P. The zero-order valence-electron chi connectivity index (χ0n) is 13.3. The minimum Gasteiger partial charge on any atom is -0.387 e. The van der Waals surface area contributed by atoms with Crippen molar-refractivity contribution < 1.29 is 28.1 Å². The lowest BCUT2D eigenvalue weighted by atomic mass is 10.2. The quantitative estimate of drug-likeness (QED) is 0.506. The van der Waals surface area contributed by atoms with E-state index in [1.165, 1.54) is 0 Å². The minimum atomic E-state index is -3.47. The van der Waals surface area contributed by atoms with Crippen LogP contribution in [0.15, 0.2) is 30.3 Å². The predicted molar refractivity (Wildman–Crippen MR) is 85.1 cm³/mol. The van der Waals surface area contributed by atoms with Crippen LogP contribution in [-0.2, 0) is 29.8 Å². The Labute approximate surface area is 135 Å². The molecule has 1 aromatic carbocycles. The van der Waals surface area contributed by atoms with Crippen molar-refractivity contribution in [1.29, 1.82) is 0 Å². The molecule has 0 bridgehead atoms. The molecule has 1 aromatic rings. The molecule has 0 aromatic heterocycles. The summed E-state index contributed by atoms with van der Waals surface area (Å²) in [5.41, 5.74) is 1.38. The van der Waals surface area contributed by atoms with E-state index in [9.17, 15) is 9.77 Å². The first-order valence-electron chi connectivity index (χ1n) is 7.58. The van der Waals surface area contributed by atoms with Crippen molar-refractivity contribution in [3.63, 3.8) is 0 Å². The monoisotopic (exact) mass is 343 g/mol. The number of ether oxygens (including phenoxy) is 1.